The topological polar surface area (TPSA) is 107 Å². The number of aliphatic imine (C=N–C) groups is 1. The first-order valence-corrected chi connectivity index (χ1v) is 12.8. The zero-order valence-electron chi connectivity index (χ0n) is 21.0. The van der Waals surface area contributed by atoms with Crippen molar-refractivity contribution in [3.63, 3.8) is 0 Å². The second-order valence-electron chi connectivity index (χ2n) is 9.31. The summed E-state index contributed by atoms with van der Waals surface area (Å²) in [4.78, 5) is 21.5. The lowest BCUT2D eigenvalue weighted by molar-refractivity contribution is 0.0955. The van der Waals surface area contributed by atoms with Crippen molar-refractivity contribution >= 4 is 23.1 Å². The summed E-state index contributed by atoms with van der Waals surface area (Å²) in [6.07, 6.45) is 11.9. The van der Waals surface area contributed by atoms with Gasteiger partial charge in [-0.15, -0.1) is 5.73 Å². The van der Waals surface area contributed by atoms with Gasteiger partial charge >= 0.3 is 0 Å². The number of aliphatic hydroxyl groups is 2. The molecule has 2 unspecified atom stereocenters. The normalized spacial score (nSPS) is 18.4. The summed E-state index contributed by atoms with van der Waals surface area (Å²) >= 11 is 0. The summed E-state index contributed by atoms with van der Waals surface area (Å²) in [5.74, 6) is 0.893. The van der Waals surface area contributed by atoms with Crippen molar-refractivity contribution in [1.82, 2.24) is 15.6 Å². The molecule has 2 aliphatic rings. The van der Waals surface area contributed by atoms with E-state index in [1.54, 1.807) is 30.5 Å². The largest absolute Gasteiger partial charge is 0.393 e. The van der Waals surface area contributed by atoms with Crippen LogP contribution in [0.1, 0.15) is 59.7 Å². The lowest BCUT2D eigenvalue weighted by atomic mass is 9.80. The van der Waals surface area contributed by atoms with Gasteiger partial charge in [0.15, 0.2) is 5.82 Å². The fourth-order valence-electron chi connectivity index (χ4n) is 4.38. The van der Waals surface area contributed by atoms with Crippen LogP contribution in [0.5, 0.6) is 0 Å². The van der Waals surface area contributed by atoms with Crippen LogP contribution in [0.2, 0.25) is 0 Å². The standard InChI is InChI=1S/C30H34N4O3/c1-2-26(22-8-10-24(11-9-22)28(36)20-35)31-17-16-23-12-14-27(23)34-29-15-13-25(19-32-29)30(37)33-18-21-6-4-3-5-7-21/h3-4,6,8-11,13,15,19,23,28,31,35-36H,1,5,7,12,14,16-18,20H2,(H,33,37)/b34-27-. The molecule has 0 radical (unpaired) electrons. The number of nitrogens with zero attached hydrogens (tertiary/aromatic N) is 2. The maximum atomic E-state index is 12.4. The number of hydrogen-bond acceptors (Lipinski definition) is 6. The number of allylic oxidation sites excluding steroid dienone is 3. The minimum atomic E-state index is -0.876. The lowest BCUT2D eigenvalue weighted by Gasteiger charge is -2.28. The summed E-state index contributed by atoms with van der Waals surface area (Å²) in [6, 6.07) is 10.9. The van der Waals surface area contributed by atoms with E-state index in [-0.39, 0.29) is 12.5 Å². The van der Waals surface area contributed by atoms with Crippen LogP contribution in [-0.4, -0.2) is 46.5 Å². The van der Waals surface area contributed by atoms with Gasteiger partial charge in [-0.05, 0) is 55.7 Å². The summed E-state index contributed by atoms with van der Waals surface area (Å²) in [5, 5.41) is 25.2. The first-order valence-electron chi connectivity index (χ1n) is 12.8. The molecule has 1 heterocycles. The Balaban J connectivity index is 1.25. The third kappa shape index (κ3) is 7.14. The molecule has 0 saturated heterocycles. The zero-order chi connectivity index (χ0) is 26.0. The number of carbonyl (C=O) groups is 1. The fraction of sp³-hybridized carbons (Fsp3) is 0.333. The van der Waals surface area contributed by atoms with Crippen LogP contribution in [0.25, 0.3) is 5.70 Å². The first-order chi connectivity index (χ1) is 18.1. The molecule has 1 aromatic carbocycles. The highest BCUT2D eigenvalue weighted by Crippen LogP contribution is 2.29. The second kappa shape index (κ2) is 13.0. The Hall–Kier alpha value is -3.77. The van der Waals surface area contributed by atoms with Crippen molar-refractivity contribution < 1.29 is 15.0 Å². The number of pyridine rings is 1. The van der Waals surface area contributed by atoms with Crippen LogP contribution < -0.4 is 10.6 Å². The molecule has 7 nitrogen and oxygen atoms in total. The van der Waals surface area contributed by atoms with E-state index in [0.717, 1.165) is 55.6 Å². The molecule has 0 bridgehead atoms. The summed E-state index contributed by atoms with van der Waals surface area (Å²) in [5.41, 5.74) is 8.24. The minimum Gasteiger partial charge on any atom is -0.393 e. The number of carbonyl (C=O) groups excluding carboxylic acids is 1. The van der Waals surface area contributed by atoms with Crippen LogP contribution >= 0.6 is 0 Å². The number of hydrogen-bond donors (Lipinski definition) is 4. The molecule has 4 rings (SSSR count). The number of amides is 1. The second-order valence-corrected chi connectivity index (χ2v) is 9.31. The minimum absolute atomic E-state index is 0.125. The van der Waals surface area contributed by atoms with Gasteiger partial charge in [0, 0.05) is 30.6 Å². The number of rotatable bonds is 11. The zero-order valence-corrected chi connectivity index (χ0v) is 21.0. The van der Waals surface area contributed by atoms with E-state index in [0.29, 0.717) is 29.4 Å². The van der Waals surface area contributed by atoms with Crippen molar-refractivity contribution in [1.29, 1.82) is 0 Å². The van der Waals surface area contributed by atoms with Gasteiger partial charge < -0.3 is 20.8 Å². The molecule has 2 aromatic rings. The Labute approximate surface area is 218 Å². The van der Waals surface area contributed by atoms with Crippen LogP contribution in [0, 0.1) is 5.92 Å². The van der Waals surface area contributed by atoms with E-state index in [9.17, 15) is 9.90 Å². The highest BCUT2D eigenvalue weighted by Gasteiger charge is 2.25. The van der Waals surface area contributed by atoms with Crippen LogP contribution in [0.15, 0.2) is 83.7 Å². The third-order valence-electron chi connectivity index (χ3n) is 6.79. The third-order valence-corrected chi connectivity index (χ3v) is 6.79. The van der Waals surface area contributed by atoms with E-state index in [1.165, 1.54) is 5.57 Å². The van der Waals surface area contributed by atoms with Gasteiger partial charge in [0.25, 0.3) is 5.91 Å². The first kappa shape index (κ1) is 26.3. The van der Waals surface area contributed by atoms with E-state index >= 15 is 0 Å². The number of aliphatic hydroxyl groups excluding tert-OH is 2. The van der Waals surface area contributed by atoms with E-state index in [4.69, 9.17) is 10.1 Å². The summed E-state index contributed by atoms with van der Waals surface area (Å²) in [7, 11) is 0. The van der Waals surface area contributed by atoms with Crippen molar-refractivity contribution in [3.8, 4) is 0 Å². The Morgan fingerprint density at radius 2 is 1.97 bits per heavy atom. The smallest absolute Gasteiger partial charge is 0.253 e. The molecule has 37 heavy (non-hydrogen) atoms. The van der Waals surface area contributed by atoms with Gasteiger partial charge in [0.2, 0.25) is 0 Å². The SMILES string of the molecule is C=C=C(NCCC1CC/C1=N/c1ccc(C(=O)NCC2=CC=CCC2)cn1)c1ccc(C(O)CO)cc1. The molecule has 1 aromatic heterocycles. The van der Waals surface area contributed by atoms with Gasteiger partial charge in [-0.25, -0.2) is 9.98 Å². The van der Waals surface area contributed by atoms with Crippen LogP contribution in [0.3, 0.4) is 0 Å². The summed E-state index contributed by atoms with van der Waals surface area (Å²) in [6.45, 7) is 4.79. The Bertz CT molecular complexity index is 1220. The molecular weight excluding hydrogens is 464 g/mol. The number of benzene rings is 1. The molecule has 2 aliphatic carbocycles. The molecule has 192 valence electrons. The van der Waals surface area contributed by atoms with E-state index < -0.39 is 6.10 Å². The van der Waals surface area contributed by atoms with Crippen LogP contribution in [-0.2, 0) is 0 Å². The molecular formula is C30H34N4O3. The monoisotopic (exact) mass is 498 g/mol. The molecule has 7 heteroatoms. The molecule has 1 fully saturated rings. The van der Waals surface area contributed by atoms with E-state index in [2.05, 4.69) is 40.1 Å². The molecule has 2 atom stereocenters. The lowest BCUT2D eigenvalue weighted by Crippen LogP contribution is -2.29. The van der Waals surface area contributed by atoms with Gasteiger partial charge in [-0.2, -0.15) is 0 Å². The Morgan fingerprint density at radius 3 is 2.59 bits per heavy atom. The highest BCUT2D eigenvalue weighted by molar-refractivity contribution is 5.95. The van der Waals surface area contributed by atoms with Crippen molar-refractivity contribution in [3.05, 3.63) is 95.4 Å². The van der Waals surface area contributed by atoms with Gasteiger partial charge in [-0.1, -0.05) is 54.6 Å². The number of aromatic nitrogens is 1. The quantitative estimate of drug-likeness (QED) is 0.344. The highest BCUT2D eigenvalue weighted by atomic mass is 16.3. The Kier molecular flexibility index (Phi) is 9.22. The predicted octanol–water partition coefficient (Wildman–Crippen LogP) is 4.40. The maximum Gasteiger partial charge on any atom is 0.253 e. The molecule has 0 spiro atoms. The molecule has 4 N–H and O–H groups in total. The van der Waals surface area contributed by atoms with Crippen molar-refractivity contribution in [2.24, 2.45) is 10.9 Å². The maximum absolute atomic E-state index is 12.4. The predicted molar refractivity (Wildman–Crippen MR) is 147 cm³/mol. The van der Waals surface area contributed by atoms with Crippen molar-refractivity contribution in [2.45, 2.75) is 38.2 Å². The Morgan fingerprint density at radius 1 is 1.16 bits per heavy atom. The van der Waals surface area contributed by atoms with Gasteiger partial charge in [0.1, 0.15) is 6.10 Å². The van der Waals surface area contributed by atoms with Crippen molar-refractivity contribution in [2.75, 3.05) is 19.7 Å². The van der Waals surface area contributed by atoms with Gasteiger partial charge in [0.05, 0.1) is 17.9 Å². The average Bonchev–Trinajstić information content (AvgIpc) is 2.94. The molecule has 1 amide bonds. The van der Waals surface area contributed by atoms with Crippen LogP contribution in [0.4, 0.5) is 5.82 Å². The fourth-order valence-corrected chi connectivity index (χ4v) is 4.38. The number of nitrogens with one attached hydrogen (secondary N) is 2. The van der Waals surface area contributed by atoms with E-state index in [1.807, 2.05) is 18.2 Å². The van der Waals surface area contributed by atoms with Gasteiger partial charge in [-0.3, -0.25) is 4.79 Å². The molecule has 1 saturated carbocycles. The summed E-state index contributed by atoms with van der Waals surface area (Å²) < 4.78 is 0. The average molecular weight is 499 g/mol. The molecule has 0 aliphatic heterocycles.